The molecule has 0 aromatic heterocycles. The summed E-state index contributed by atoms with van der Waals surface area (Å²) in [5, 5.41) is 3.60. The fourth-order valence-corrected chi connectivity index (χ4v) is 5.27. The lowest BCUT2D eigenvalue weighted by atomic mass is 9.97. The van der Waals surface area contributed by atoms with Crippen LogP contribution in [0.15, 0.2) is 188 Å². The summed E-state index contributed by atoms with van der Waals surface area (Å²) in [6.45, 7) is 0. The van der Waals surface area contributed by atoms with Crippen LogP contribution in [0.2, 0.25) is 0 Å². The number of para-hydroxylation sites is 1. The molecule has 0 bridgehead atoms. The van der Waals surface area contributed by atoms with Gasteiger partial charge in [0.1, 0.15) is 0 Å². The maximum absolute atomic E-state index is 6.61. The van der Waals surface area contributed by atoms with E-state index in [4.69, 9.17) is 5.73 Å². The molecule has 0 spiro atoms. The van der Waals surface area contributed by atoms with E-state index in [9.17, 15) is 0 Å². The summed E-state index contributed by atoms with van der Waals surface area (Å²) >= 11 is 0. The van der Waals surface area contributed by atoms with Gasteiger partial charge in [-0.05, 0) is 51.6 Å². The van der Waals surface area contributed by atoms with Gasteiger partial charge in [-0.15, -0.1) is 0 Å². The van der Waals surface area contributed by atoms with Crippen LogP contribution in [-0.4, -0.2) is 0 Å². The van der Waals surface area contributed by atoms with Gasteiger partial charge < -0.3 is 11.1 Å². The molecule has 0 amide bonds. The first-order chi connectivity index (χ1) is 21.8. The molecule has 2 heteroatoms. The molecule has 0 saturated carbocycles. The Balaban J connectivity index is 0.000000238. The van der Waals surface area contributed by atoms with Gasteiger partial charge in [-0.3, -0.25) is 0 Å². The highest BCUT2D eigenvalue weighted by Gasteiger charge is 2.12. The van der Waals surface area contributed by atoms with Crippen LogP contribution >= 0.6 is 0 Å². The summed E-state index contributed by atoms with van der Waals surface area (Å²) in [5.41, 5.74) is 18.6. The van der Waals surface area contributed by atoms with Crippen LogP contribution in [0.4, 0.5) is 17.1 Å². The fourth-order valence-electron chi connectivity index (χ4n) is 5.27. The van der Waals surface area contributed by atoms with E-state index >= 15 is 0 Å². The zero-order valence-corrected chi connectivity index (χ0v) is 24.5. The van der Waals surface area contributed by atoms with Crippen LogP contribution in [0, 0.1) is 0 Å². The topological polar surface area (TPSA) is 38.0 Å². The van der Waals surface area contributed by atoms with Gasteiger partial charge in [0.15, 0.2) is 0 Å². The molecule has 2 nitrogen and oxygen atoms in total. The Bertz CT molecular complexity index is 1860. The number of hydrogen-bond donors (Lipinski definition) is 2. The van der Waals surface area contributed by atoms with Crippen LogP contribution in [0.1, 0.15) is 0 Å². The third kappa shape index (κ3) is 6.78. The van der Waals surface area contributed by atoms with Crippen molar-refractivity contribution in [3.05, 3.63) is 188 Å². The monoisotopic (exact) mass is 566 g/mol. The summed E-state index contributed by atoms with van der Waals surface area (Å²) in [6.07, 6.45) is 0. The lowest BCUT2D eigenvalue weighted by Gasteiger charge is -2.17. The SMILES string of the molecule is Nc1c(Nc2ccc(-c3ccccc3)cc2-c2ccccc2)cccc1-c1ccccc1.c1ccc(-c2ccccc2)cc1. The Hall–Kier alpha value is -5.86. The first-order valence-corrected chi connectivity index (χ1v) is 14.8. The van der Waals surface area contributed by atoms with Crippen LogP contribution in [0.3, 0.4) is 0 Å². The molecule has 0 heterocycles. The van der Waals surface area contributed by atoms with E-state index in [1.807, 2.05) is 54.6 Å². The first kappa shape index (κ1) is 28.3. The number of hydrogen-bond acceptors (Lipinski definition) is 2. The third-order valence-electron chi connectivity index (χ3n) is 7.55. The van der Waals surface area contributed by atoms with Crippen molar-refractivity contribution < 1.29 is 0 Å². The Kier molecular flexibility index (Phi) is 8.91. The molecule has 0 fully saturated rings. The zero-order valence-electron chi connectivity index (χ0n) is 24.5. The van der Waals surface area contributed by atoms with E-state index in [0.29, 0.717) is 0 Å². The highest BCUT2D eigenvalue weighted by Crippen LogP contribution is 2.38. The number of rotatable bonds is 6. The average molecular weight is 567 g/mol. The van der Waals surface area contributed by atoms with E-state index in [1.54, 1.807) is 0 Å². The molecule has 44 heavy (non-hydrogen) atoms. The predicted molar refractivity (Wildman–Crippen MR) is 189 cm³/mol. The summed E-state index contributed by atoms with van der Waals surface area (Å²) in [6, 6.07) is 64.6. The largest absolute Gasteiger partial charge is 0.397 e. The molecular formula is C42H34N2. The minimum atomic E-state index is 0.741. The minimum Gasteiger partial charge on any atom is -0.397 e. The van der Waals surface area contributed by atoms with Crippen molar-refractivity contribution in [3.8, 4) is 44.5 Å². The number of nitrogen functional groups attached to an aromatic ring is 1. The van der Waals surface area contributed by atoms with Crippen molar-refractivity contribution in [3.63, 3.8) is 0 Å². The summed E-state index contributed by atoms with van der Waals surface area (Å²) in [5.74, 6) is 0. The summed E-state index contributed by atoms with van der Waals surface area (Å²) in [7, 11) is 0. The van der Waals surface area contributed by atoms with Gasteiger partial charge in [0, 0.05) is 16.8 Å². The summed E-state index contributed by atoms with van der Waals surface area (Å²) < 4.78 is 0. The number of nitrogens with one attached hydrogen (secondary N) is 1. The van der Waals surface area contributed by atoms with E-state index in [-0.39, 0.29) is 0 Å². The molecule has 0 aliphatic rings. The van der Waals surface area contributed by atoms with E-state index in [1.165, 1.54) is 22.3 Å². The molecule has 0 aliphatic carbocycles. The molecule has 3 N–H and O–H groups in total. The highest BCUT2D eigenvalue weighted by molar-refractivity contribution is 5.91. The summed E-state index contributed by atoms with van der Waals surface area (Å²) in [4.78, 5) is 0. The van der Waals surface area contributed by atoms with Gasteiger partial charge in [0.25, 0.3) is 0 Å². The molecule has 7 aromatic rings. The minimum absolute atomic E-state index is 0.741. The average Bonchev–Trinajstić information content (AvgIpc) is 3.11. The Morgan fingerprint density at radius 3 is 1.18 bits per heavy atom. The van der Waals surface area contributed by atoms with Crippen LogP contribution in [0.5, 0.6) is 0 Å². The van der Waals surface area contributed by atoms with Crippen molar-refractivity contribution in [2.75, 3.05) is 11.1 Å². The van der Waals surface area contributed by atoms with Crippen molar-refractivity contribution in [1.82, 2.24) is 0 Å². The highest BCUT2D eigenvalue weighted by atomic mass is 14.9. The number of benzene rings is 7. The lowest BCUT2D eigenvalue weighted by Crippen LogP contribution is -2.00. The van der Waals surface area contributed by atoms with Crippen molar-refractivity contribution >= 4 is 17.1 Å². The second kappa shape index (κ2) is 13.9. The van der Waals surface area contributed by atoms with Crippen LogP contribution < -0.4 is 11.1 Å². The van der Waals surface area contributed by atoms with Gasteiger partial charge in [-0.25, -0.2) is 0 Å². The Morgan fingerprint density at radius 2 is 0.705 bits per heavy atom. The van der Waals surface area contributed by atoms with Crippen molar-refractivity contribution in [2.45, 2.75) is 0 Å². The molecule has 212 valence electrons. The molecule has 0 aliphatic heterocycles. The molecular weight excluding hydrogens is 532 g/mol. The van der Waals surface area contributed by atoms with Gasteiger partial charge in [0.05, 0.1) is 11.4 Å². The van der Waals surface area contributed by atoms with Crippen molar-refractivity contribution in [2.24, 2.45) is 0 Å². The van der Waals surface area contributed by atoms with Crippen LogP contribution in [0.25, 0.3) is 44.5 Å². The van der Waals surface area contributed by atoms with E-state index in [0.717, 1.165) is 39.3 Å². The molecule has 0 atom stereocenters. The third-order valence-corrected chi connectivity index (χ3v) is 7.55. The maximum atomic E-state index is 6.61. The molecule has 0 radical (unpaired) electrons. The van der Waals surface area contributed by atoms with E-state index < -0.39 is 0 Å². The smallest absolute Gasteiger partial charge is 0.0633 e. The van der Waals surface area contributed by atoms with Gasteiger partial charge in [-0.1, -0.05) is 170 Å². The normalized spacial score (nSPS) is 10.4. The quantitative estimate of drug-likeness (QED) is 0.196. The first-order valence-electron chi connectivity index (χ1n) is 14.8. The predicted octanol–water partition coefficient (Wildman–Crippen LogP) is 11.4. The lowest BCUT2D eigenvalue weighted by molar-refractivity contribution is 1.52. The van der Waals surface area contributed by atoms with Gasteiger partial charge >= 0.3 is 0 Å². The molecule has 7 rings (SSSR count). The second-order valence-electron chi connectivity index (χ2n) is 10.5. The van der Waals surface area contributed by atoms with Gasteiger partial charge in [0.2, 0.25) is 0 Å². The fraction of sp³-hybridized carbons (Fsp3) is 0. The van der Waals surface area contributed by atoms with Crippen LogP contribution in [-0.2, 0) is 0 Å². The standard InChI is InChI=1S/C30H24N2.C12H10/c31-30-26(23-13-6-2-7-14-23)17-10-18-29(30)32-28-20-19-25(22-11-4-1-5-12-22)21-27(28)24-15-8-3-9-16-24;1-3-7-11(8-4-1)12-9-5-2-6-10-12/h1-21,32H,31H2;1-10H. The second-order valence-corrected chi connectivity index (χ2v) is 10.5. The number of nitrogens with two attached hydrogens (primary N) is 1. The number of anilines is 3. The van der Waals surface area contributed by atoms with Gasteiger partial charge in [-0.2, -0.15) is 0 Å². The van der Waals surface area contributed by atoms with E-state index in [2.05, 4.69) is 139 Å². The van der Waals surface area contributed by atoms with Crippen molar-refractivity contribution in [1.29, 1.82) is 0 Å². The molecule has 0 saturated heterocycles. The Morgan fingerprint density at radius 1 is 0.295 bits per heavy atom. The molecule has 0 unspecified atom stereocenters. The Labute approximate surface area is 260 Å². The maximum Gasteiger partial charge on any atom is 0.0633 e. The zero-order chi connectivity index (χ0) is 30.0. The molecule has 7 aromatic carbocycles.